The molecule has 4 nitrogen and oxygen atoms in total. The van der Waals surface area contributed by atoms with Crippen molar-refractivity contribution in [2.45, 2.75) is 26.4 Å². The summed E-state index contributed by atoms with van der Waals surface area (Å²) in [4.78, 5) is 1.52. The number of rotatable bonds is 2. The molecule has 0 aromatic carbocycles. The first kappa shape index (κ1) is 14.3. The normalized spacial score (nSPS) is 23.4. The molecule has 0 saturated carbocycles. The Morgan fingerprint density at radius 3 is 3.05 bits per heavy atom. The molecule has 108 valence electrons. The third kappa shape index (κ3) is 2.72. The molecule has 1 saturated heterocycles. The Balaban J connectivity index is 1.94. The number of aromatic nitrogens is 3. The molecule has 3 heterocycles. The standard InChI is InChI=1S/C13H16Cl2N4S/c1-9-3-2-4-17(6-9)8-19-13(20)18-7-10(14)5-11(15)12(18)16-19/h5,7,9H,2-4,6,8H2,1H3/p+1/t9-/m0/s1. The molecule has 2 aromatic heterocycles. The molecule has 1 aliphatic heterocycles. The van der Waals surface area contributed by atoms with E-state index in [2.05, 4.69) is 12.0 Å². The van der Waals surface area contributed by atoms with Gasteiger partial charge in [0.15, 0.2) is 12.3 Å². The Labute approximate surface area is 132 Å². The second kappa shape index (κ2) is 5.64. The molecular weight excluding hydrogens is 315 g/mol. The van der Waals surface area contributed by atoms with E-state index in [4.69, 9.17) is 35.4 Å². The number of likely N-dealkylation sites (tertiary alicyclic amines) is 1. The van der Waals surface area contributed by atoms with Gasteiger partial charge in [-0.05, 0) is 31.1 Å². The molecule has 2 aromatic rings. The van der Waals surface area contributed by atoms with Crippen molar-refractivity contribution in [1.82, 2.24) is 14.2 Å². The van der Waals surface area contributed by atoms with Crippen LogP contribution in [0.1, 0.15) is 19.8 Å². The fraction of sp³-hybridized carbons (Fsp3) is 0.538. The summed E-state index contributed by atoms with van der Waals surface area (Å²) < 4.78 is 4.29. The minimum absolute atomic E-state index is 0.532. The van der Waals surface area contributed by atoms with E-state index in [9.17, 15) is 0 Å². The topological polar surface area (TPSA) is 26.7 Å². The fourth-order valence-electron chi connectivity index (χ4n) is 2.90. The minimum atomic E-state index is 0.532. The van der Waals surface area contributed by atoms with Gasteiger partial charge in [0.1, 0.15) is 0 Å². The number of hydrogen-bond donors (Lipinski definition) is 1. The lowest BCUT2D eigenvalue weighted by molar-refractivity contribution is -0.931. The highest BCUT2D eigenvalue weighted by molar-refractivity contribution is 7.71. The number of pyridine rings is 1. The van der Waals surface area contributed by atoms with Gasteiger partial charge >= 0.3 is 0 Å². The first-order chi connectivity index (χ1) is 9.54. The van der Waals surface area contributed by atoms with Crippen molar-refractivity contribution in [2.24, 2.45) is 5.92 Å². The van der Waals surface area contributed by atoms with Gasteiger partial charge in [0.05, 0.1) is 23.1 Å². The molecule has 2 atom stereocenters. The third-order valence-corrected chi connectivity index (χ3v) is 4.73. The number of fused-ring (bicyclic) bond motifs is 1. The highest BCUT2D eigenvalue weighted by Crippen LogP contribution is 2.21. The Morgan fingerprint density at radius 1 is 1.50 bits per heavy atom. The molecule has 1 fully saturated rings. The summed E-state index contributed by atoms with van der Waals surface area (Å²) >= 11 is 17.7. The largest absolute Gasteiger partial charge is 0.316 e. The number of quaternary nitrogens is 1. The maximum Gasteiger partial charge on any atom is 0.207 e. The molecule has 0 aliphatic carbocycles. The maximum absolute atomic E-state index is 6.18. The predicted octanol–water partition coefficient (Wildman–Crippen LogP) is 2.44. The quantitative estimate of drug-likeness (QED) is 0.855. The summed E-state index contributed by atoms with van der Waals surface area (Å²) in [5, 5.41) is 5.63. The van der Waals surface area contributed by atoms with E-state index >= 15 is 0 Å². The Hall–Kier alpha value is -0.620. The van der Waals surface area contributed by atoms with Crippen molar-refractivity contribution in [3.8, 4) is 0 Å². The minimum Gasteiger partial charge on any atom is -0.316 e. The van der Waals surface area contributed by atoms with Crippen LogP contribution in [0.4, 0.5) is 0 Å². The number of piperidine rings is 1. The summed E-state index contributed by atoms with van der Waals surface area (Å²) in [5.74, 6) is 0.767. The van der Waals surface area contributed by atoms with E-state index in [0.29, 0.717) is 20.5 Å². The van der Waals surface area contributed by atoms with Crippen molar-refractivity contribution in [1.29, 1.82) is 0 Å². The highest BCUT2D eigenvalue weighted by atomic mass is 35.5. The molecule has 0 amide bonds. The van der Waals surface area contributed by atoms with E-state index in [1.54, 1.807) is 16.7 Å². The Morgan fingerprint density at radius 2 is 2.30 bits per heavy atom. The van der Waals surface area contributed by atoms with Crippen LogP contribution in [0.5, 0.6) is 0 Å². The zero-order valence-corrected chi connectivity index (χ0v) is 13.6. The van der Waals surface area contributed by atoms with E-state index in [0.717, 1.165) is 12.6 Å². The lowest BCUT2D eigenvalue weighted by Crippen LogP contribution is -3.12. The number of hydrogen-bond acceptors (Lipinski definition) is 2. The first-order valence-corrected chi connectivity index (χ1v) is 7.99. The molecule has 0 bridgehead atoms. The summed E-state index contributed by atoms with van der Waals surface area (Å²) in [6, 6.07) is 1.69. The molecule has 0 radical (unpaired) electrons. The van der Waals surface area contributed by atoms with Gasteiger partial charge in [-0.2, -0.15) is 4.68 Å². The van der Waals surface area contributed by atoms with Crippen LogP contribution in [-0.2, 0) is 6.67 Å². The van der Waals surface area contributed by atoms with E-state index in [1.807, 2.05) is 4.68 Å². The zero-order valence-electron chi connectivity index (χ0n) is 11.3. The van der Waals surface area contributed by atoms with Gasteiger partial charge in [0.2, 0.25) is 4.77 Å². The van der Waals surface area contributed by atoms with Gasteiger partial charge in [0.25, 0.3) is 0 Å². The van der Waals surface area contributed by atoms with Crippen molar-refractivity contribution in [3.05, 3.63) is 27.1 Å². The molecule has 0 spiro atoms. The second-order valence-electron chi connectivity index (χ2n) is 5.59. The fourth-order valence-corrected chi connectivity index (χ4v) is 3.65. The van der Waals surface area contributed by atoms with E-state index < -0.39 is 0 Å². The first-order valence-electron chi connectivity index (χ1n) is 6.82. The Kier molecular flexibility index (Phi) is 4.04. The van der Waals surface area contributed by atoms with Gasteiger partial charge in [0, 0.05) is 12.1 Å². The van der Waals surface area contributed by atoms with Crippen LogP contribution in [-0.4, -0.2) is 27.3 Å². The molecule has 1 aliphatic rings. The summed E-state index contributed by atoms with van der Waals surface area (Å²) in [6.07, 6.45) is 4.36. The molecule has 3 rings (SSSR count). The van der Waals surface area contributed by atoms with Crippen LogP contribution in [0.15, 0.2) is 12.3 Å². The monoisotopic (exact) mass is 331 g/mol. The predicted molar refractivity (Wildman–Crippen MR) is 83.1 cm³/mol. The number of nitrogens with one attached hydrogen (secondary N) is 1. The molecule has 7 heteroatoms. The molecule has 20 heavy (non-hydrogen) atoms. The maximum atomic E-state index is 6.18. The average Bonchev–Trinajstić information content (AvgIpc) is 2.68. The number of halogens is 2. The highest BCUT2D eigenvalue weighted by Gasteiger charge is 2.21. The summed E-state index contributed by atoms with van der Waals surface area (Å²) in [7, 11) is 0. The van der Waals surface area contributed by atoms with E-state index in [-0.39, 0.29) is 0 Å². The van der Waals surface area contributed by atoms with Crippen molar-refractivity contribution < 1.29 is 4.90 Å². The van der Waals surface area contributed by atoms with Crippen LogP contribution in [0, 0.1) is 10.7 Å². The molecular formula is C13H17Cl2N4S+. The van der Waals surface area contributed by atoms with Gasteiger partial charge in [-0.1, -0.05) is 30.1 Å². The van der Waals surface area contributed by atoms with Crippen molar-refractivity contribution in [2.75, 3.05) is 13.1 Å². The van der Waals surface area contributed by atoms with Crippen molar-refractivity contribution in [3.63, 3.8) is 0 Å². The van der Waals surface area contributed by atoms with Gasteiger partial charge < -0.3 is 4.90 Å². The van der Waals surface area contributed by atoms with Gasteiger partial charge in [-0.3, -0.25) is 4.40 Å². The van der Waals surface area contributed by atoms with Gasteiger partial charge in [-0.15, -0.1) is 5.10 Å². The van der Waals surface area contributed by atoms with Crippen LogP contribution in [0.3, 0.4) is 0 Å². The Bertz CT molecular complexity index is 693. The van der Waals surface area contributed by atoms with Crippen molar-refractivity contribution >= 4 is 41.1 Å². The van der Waals surface area contributed by atoms with Crippen LogP contribution < -0.4 is 4.90 Å². The SMILES string of the molecule is C[C@H]1CCC[NH+](Cn2nc3c(Cl)cc(Cl)cn3c2=S)C1. The summed E-state index contributed by atoms with van der Waals surface area (Å²) in [6.45, 7) is 5.44. The number of nitrogens with zero attached hydrogens (tertiary/aromatic N) is 3. The lowest BCUT2D eigenvalue weighted by atomic mass is 10.0. The average molecular weight is 332 g/mol. The summed E-state index contributed by atoms with van der Waals surface area (Å²) in [5.41, 5.74) is 0.672. The van der Waals surface area contributed by atoms with Crippen LogP contribution in [0.25, 0.3) is 5.65 Å². The smallest absolute Gasteiger partial charge is 0.207 e. The van der Waals surface area contributed by atoms with Crippen LogP contribution >= 0.6 is 35.4 Å². The second-order valence-corrected chi connectivity index (χ2v) is 6.80. The van der Waals surface area contributed by atoms with Crippen LogP contribution in [0.2, 0.25) is 10.0 Å². The zero-order chi connectivity index (χ0) is 14.3. The molecule has 1 N–H and O–H groups in total. The lowest BCUT2D eigenvalue weighted by Gasteiger charge is -2.27. The van der Waals surface area contributed by atoms with E-state index in [1.165, 1.54) is 30.8 Å². The van der Waals surface area contributed by atoms with Gasteiger partial charge in [-0.25, -0.2) is 0 Å². The molecule has 1 unspecified atom stereocenters. The third-order valence-electron chi connectivity index (χ3n) is 3.84.